The maximum absolute atomic E-state index is 2.60. The van der Waals surface area contributed by atoms with E-state index in [4.69, 9.17) is 0 Å². The largest absolute Gasteiger partial charge is 1.00 e. The molecule has 1 aliphatic heterocycles. The summed E-state index contributed by atoms with van der Waals surface area (Å²) in [5.41, 5.74) is 0. The average Bonchev–Trinajstić information content (AvgIpc) is 2.66. The zero-order valence-corrected chi connectivity index (χ0v) is 11.7. The summed E-state index contributed by atoms with van der Waals surface area (Å²) in [7, 11) is 2.07. The lowest BCUT2D eigenvalue weighted by molar-refractivity contribution is -0.671. The first-order valence-corrected chi connectivity index (χ1v) is 6.08. The molecule has 3 nitrogen and oxygen atoms in total. The zero-order valence-electron chi connectivity index (χ0n) is 10.1. The summed E-state index contributed by atoms with van der Waals surface area (Å²) in [6.07, 6.45) is 11.9. The molecule has 4 heteroatoms. The highest BCUT2D eigenvalue weighted by Crippen LogP contribution is 2.08. The molecule has 0 aliphatic carbocycles. The number of rotatable bonds is 4. The molecule has 16 heavy (non-hydrogen) atoms. The van der Waals surface area contributed by atoms with E-state index in [1.165, 1.54) is 45.3 Å². The molecule has 92 valence electrons. The van der Waals surface area contributed by atoms with Crippen LogP contribution in [0.1, 0.15) is 25.7 Å². The number of piperidine rings is 1. The predicted molar refractivity (Wildman–Crippen MR) is 60.5 cm³/mol. The number of hydrogen-bond acceptors (Lipinski definition) is 1. The number of hydrogen-bond donors (Lipinski definition) is 0. The molecule has 1 aromatic rings. The molecule has 0 amide bonds. The average molecular weight is 288 g/mol. The molecule has 1 fully saturated rings. The van der Waals surface area contributed by atoms with Gasteiger partial charge in [-0.15, -0.1) is 0 Å². The molecule has 0 bridgehead atoms. The van der Waals surface area contributed by atoms with Crippen molar-refractivity contribution in [2.45, 2.75) is 32.2 Å². The summed E-state index contributed by atoms with van der Waals surface area (Å²) in [5.74, 6) is 0. The molecule has 1 aromatic heterocycles. The van der Waals surface area contributed by atoms with Crippen molar-refractivity contribution in [2.24, 2.45) is 7.05 Å². The molecular weight excluding hydrogens is 266 g/mol. The van der Waals surface area contributed by atoms with E-state index >= 15 is 0 Å². The van der Waals surface area contributed by atoms with Crippen LogP contribution in [0.25, 0.3) is 0 Å². The number of nitrogens with zero attached hydrogens (tertiary/aromatic N) is 3. The van der Waals surface area contributed by atoms with Gasteiger partial charge in [0, 0.05) is 6.54 Å². The van der Waals surface area contributed by atoms with Gasteiger partial charge in [-0.1, -0.05) is 6.42 Å². The highest BCUT2D eigenvalue weighted by molar-refractivity contribution is 4.68. The first-order chi connectivity index (χ1) is 7.34. The maximum Gasteiger partial charge on any atom is 0.243 e. The lowest BCUT2D eigenvalue weighted by Gasteiger charge is -2.25. The van der Waals surface area contributed by atoms with Crippen LogP contribution in [-0.4, -0.2) is 29.1 Å². The number of aromatic nitrogens is 2. The Labute approximate surface area is 109 Å². The molecule has 1 saturated heterocycles. The lowest BCUT2D eigenvalue weighted by atomic mass is 10.1. The van der Waals surface area contributed by atoms with Gasteiger partial charge in [0.1, 0.15) is 12.4 Å². The Hall–Kier alpha value is -0.350. The summed E-state index contributed by atoms with van der Waals surface area (Å²) in [5, 5.41) is 0. The smallest absolute Gasteiger partial charge is 0.243 e. The summed E-state index contributed by atoms with van der Waals surface area (Å²) < 4.78 is 4.37. The van der Waals surface area contributed by atoms with Crippen molar-refractivity contribution in [2.75, 3.05) is 19.6 Å². The van der Waals surface area contributed by atoms with Gasteiger partial charge in [-0.25, -0.2) is 9.13 Å². The quantitative estimate of drug-likeness (QED) is 0.595. The fourth-order valence-electron chi connectivity index (χ4n) is 2.29. The van der Waals surface area contributed by atoms with Gasteiger partial charge in [-0.2, -0.15) is 0 Å². The van der Waals surface area contributed by atoms with Gasteiger partial charge in [0.25, 0.3) is 0 Å². The normalized spacial score (nSPS) is 17.1. The third-order valence-corrected chi connectivity index (χ3v) is 3.16. The lowest BCUT2D eigenvalue weighted by Crippen LogP contribution is -3.00. The van der Waals surface area contributed by atoms with E-state index in [1.54, 1.807) is 0 Å². The van der Waals surface area contributed by atoms with Crippen LogP contribution < -0.4 is 21.5 Å². The van der Waals surface area contributed by atoms with E-state index in [9.17, 15) is 0 Å². The Balaban J connectivity index is 0.00000128. The van der Waals surface area contributed by atoms with Crippen molar-refractivity contribution < 1.29 is 21.5 Å². The molecule has 0 radical (unpaired) electrons. The van der Waals surface area contributed by atoms with Crippen molar-refractivity contribution in [3.05, 3.63) is 18.7 Å². The molecule has 0 atom stereocenters. The van der Waals surface area contributed by atoms with Gasteiger partial charge < -0.3 is 21.9 Å². The van der Waals surface area contributed by atoms with Crippen LogP contribution in [0.2, 0.25) is 0 Å². The van der Waals surface area contributed by atoms with E-state index < -0.39 is 0 Å². The molecule has 0 N–H and O–H groups in total. The predicted octanol–water partition coefficient (Wildman–Crippen LogP) is -1.81. The van der Waals surface area contributed by atoms with Gasteiger partial charge in [0.15, 0.2) is 0 Å². The molecular formula is C12H22BrN3. The molecule has 2 heterocycles. The molecule has 0 spiro atoms. The van der Waals surface area contributed by atoms with Gasteiger partial charge >= 0.3 is 0 Å². The third-order valence-electron chi connectivity index (χ3n) is 3.16. The Morgan fingerprint density at radius 3 is 2.50 bits per heavy atom. The Kier molecular flexibility index (Phi) is 6.06. The van der Waals surface area contributed by atoms with Crippen LogP contribution in [0, 0.1) is 0 Å². The highest BCUT2D eigenvalue weighted by Gasteiger charge is 2.09. The van der Waals surface area contributed by atoms with Crippen LogP contribution in [-0.2, 0) is 13.6 Å². The van der Waals surface area contributed by atoms with E-state index in [-0.39, 0.29) is 17.0 Å². The van der Waals surface area contributed by atoms with Crippen LogP contribution in [0.5, 0.6) is 0 Å². The Morgan fingerprint density at radius 2 is 1.88 bits per heavy atom. The summed E-state index contributed by atoms with van der Waals surface area (Å²) >= 11 is 0. The SMILES string of the molecule is C[n+]1ccn(CCCN2CCCCC2)c1.[Br-]. The van der Waals surface area contributed by atoms with Crippen LogP contribution >= 0.6 is 0 Å². The minimum atomic E-state index is 0. The second-order valence-electron chi connectivity index (χ2n) is 4.57. The molecule has 0 saturated carbocycles. The first kappa shape index (κ1) is 13.7. The first-order valence-electron chi connectivity index (χ1n) is 6.08. The van der Waals surface area contributed by atoms with E-state index in [0.717, 1.165) is 6.54 Å². The molecule has 1 aliphatic rings. The monoisotopic (exact) mass is 287 g/mol. The standard InChI is InChI=1S/C12H22N3.BrH/c1-13-10-11-15(12-13)9-5-8-14-6-3-2-4-7-14;/h10-12H,2-9H2,1H3;1H/q+1;/p-1. The highest BCUT2D eigenvalue weighted by atomic mass is 79.9. The van der Waals surface area contributed by atoms with Crippen molar-refractivity contribution in [3.63, 3.8) is 0 Å². The fraction of sp³-hybridized carbons (Fsp3) is 0.750. The van der Waals surface area contributed by atoms with Crippen molar-refractivity contribution in [1.82, 2.24) is 9.47 Å². The number of imidazole rings is 1. The van der Waals surface area contributed by atoms with E-state index in [0.29, 0.717) is 0 Å². The zero-order chi connectivity index (χ0) is 10.5. The van der Waals surface area contributed by atoms with Gasteiger partial charge in [-0.3, -0.25) is 0 Å². The van der Waals surface area contributed by atoms with E-state index in [2.05, 4.69) is 39.8 Å². The van der Waals surface area contributed by atoms with E-state index in [1.807, 2.05) is 0 Å². The topological polar surface area (TPSA) is 12.0 Å². The second-order valence-corrected chi connectivity index (χ2v) is 4.57. The second kappa shape index (κ2) is 7.07. The molecule has 0 aromatic carbocycles. The Bertz CT molecular complexity index is 292. The summed E-state index contributed by atoms with van der Waals surface area (Å²) in [6, 6.07) is 0. The van der Waals surface area contributed by atoms with Gasteiger partial charge in [-0.05, 0) is 32.4 Å². The van der Waals surface area contributed by atoms with Crippen molar-refractivity contribution in [1.29, 1.82) is 0 Å². The summed E-state index contributed by atoms with van der Waals surface area (Å²) in [4.78, 5) is 2.60. The van der Waals surface area contributed by atoms with Gasteiger partial charge in [0.2, 0.25) is 6.33 Å². The summed E-state index contributed by atoms with van der Waals surface area (Å²) in [6.45, 7) is 5.05. The van der Waals surface area contributed by atoms with Crippen LogP contribution in [0.3, 0.4) is 0 Å². The van der Waals surface area contributed by atoms with Gasteiger partial charge in [0.05, 0.1) is 13.6 Å². The number of halogens is 1. The molecule has 0 unspecified atom stereocenters. The fourth-order valence-corrected chi connectivity index (χ4v) is 2.29. The van der Waals surface area contributed by atoms with Crippen LogP contribution in [0.4, 0.5) is 0 Å². The minimum Gasteiger partial charge on any atom is -1.00 e. The van der Waals surface area contributed by atoms with Crippen molar-refractivity contribution in [3.8, 4) is 0 Å². The number of likely N-dealkylation sites (tertiary alicyclic amines) is 1. The molecule has 2 rings (SSSR count). The van der Waals surface area contributed by atoms with Crippen LogP contribution in [0.15, 0.2) is 18.7 Å². The van der Waals surface area contributed by atoms with Crippen molar-refractivity contribution >= 4 is 0 Å². The Morgan fingerprint density at radius 1 is 1.12 bits per heavy atom. The third kappa shape index (κ3) is 4.26. The maximum atomic E-state index is 2.60. The number of aryl methyl sites for hydroxylation is 2. The minimum absolute atomic E-state index is 0.